The summed E-state index contributed by atoms with van der Waals surface area (Å²) >= 11 is 1.46. The standard InChI is InChI=1S/C31H48N4O4SSi2/c1-11-42(12-2,13-3)38-18-23-28(40-30-26(33-19-35(23)30)22-15-14-16-32-17-22)27(36)20(4)25-24(29(37)34-25)21(5)39-41(9,10)31(6,7)8/h14-17,19-21,24-25H,11-13,18H2,1-10H3,(H,34,37)/t20-,21-,24-,25-/m1/s1. The summed E-state index contributed by atoms with van der Waals surface area (Å²) in [6.45, 7) is 21.9. The van der Waals surface area contributed by atoms with E-state index >= 15 is 0 Å². The second-order valence-electron chi connectivity index (χ2n) is 13.2. The van der Waals surface area contributed by atoms with Crippen molar-refractivity contribution in [2.75, 3.05) is 0 Å². The van der Waals surface area contributed by atoms with Gasteiger partial charge >= 0.3 is 0 Å². The summed E-state index contributed by atoms with van der Waals surface area (Å²) in [4.78, 5) is 37.7. The Morgan fingerprint density at radius 3 is 2.38 bits per heavy atom. The number of hydrogen-bond acceptors (Lipinski definition) is 7. The maximum Gasteiger partial charge on any atom is 0.228 e. The fraction of sp³-hybridized carbons (Fsp3) is 0.613. The molecule has 1 fully saturated rings. The highest BCUT2D eigenvalue weighted by Gasteiger charge is 2.51. The van der Waals surface area contributed by atoms with Gasteiger partial charge in [0.05, 0.1) is 35.2 Å². The van der Waals surface area contributed by atoms with Crippen molar-refractivity contribution in [3.8, 4) is 11.3 Å². The average molecular weight is 629 g/mol. The molecule has 230 valence electrons. The summed E-state index contributed by atoms with van der Waals surface area (Å²) in [5.74, 6) is -0.801. The molecule has 3 aromatic heterocycles. The Hall–Kier alpha value is -2.19. The number of carbonyl (C=O) groups excluding carboxylic acids is 2. The number of aromatic nitrogens is 3. The Labute approximate surface area is 256 Å². The monoisotopic (exact) mass is 628 g/mol. The molecule has 1 aliphatic rings. The van der Waals surface area contributed by atoms with E-state index in [1.807, 2.05) is 30.4 Å². The third kappa shape index (κ3) is 6.08. The summed E-state index contributed by atoms with van der Waals surface area (Å²) in [6.07, 6.45) is 5.06. The van der Waals surface area contributed by atoms with Crippen molar-refractivity contribution in [3.63, 3.8) is 0 Å². The number of β-lactam (4-membered cyclic amide) rings is 1. The topological polar surface area (TPSA) is 94.8 Å². The first-order chi connectivity index (χ1) is 19.7. The van der Waals surface area contributed by atoms with Crippen molar-refractivity contribution < 1.29 is 18.4 Å². The van der Waals surface area contributed by atoms with Gasteiger partial charge in [-0.1, -0.05) is 48.5 Å². The first-order valence-corrected chi connectivity index (χ1v) is 21.5. The van der Waals surface area contributed by atoms with E-state index in [1.165, 1.54) is 11.3 Å². The Morgan fingerprint density at radius 2 is 1.83 bits per heavy atom. The molecule has 4 rings (SSSR count). The van der Waals surface area contributed by atoms with E-state index in [4.69, 9.17) is 13.8 Å². The molecule has 0 spiro atoms. The minimum Gasteiger partial charge on any atom is -0.413 e. The van der Waals surface area contributed by atoms with Crippen LogP contribution in [0.15, 0.2) is 30.9 Å². The number of carbonyl (C=O) groups is 2. The molecule has 1 amide bonds. The maximum atomic E-state index is 14.3. The van der Waals surface area contributed by atoms with Gasteiger partial charge in [0.2, 0.25) is 5.91 Å². The quantitative estimate of drug-likeness (QED) is 0.121. The molecule has 0 aliphatic carbocycles. The van der Waals surface area contributed by atoms with Gasteiger partial charge in [0.15, 0.2) is 22.4 Å². The Bertz CT molecular complexity index is 1400. The lowest BCUT2D eigenvalue weighted by molar-refractivity contribution is -0.141. The number of thiazole rings is 1. The van der Waals surface area contributed by atoms with E-state index in [0.29, 0.717) is 11.5 Å². The van der Waals surface area contributed by atoms with Crippen LogP contribution in [-0.2, 0) is 20.3 Å². The zero-order chi connectivity index (χ0) is 31.0. The molecule has 8 nitrogen and oxygen atoms in total. The number of fused-ring (bicyclic) bond motifs is 1. The smallest absolute Gasteiger partial charge is 0.228 e. The zero-order valence-electron chi connectivity index (χ0n) is 26.9. The van der Waals surface area contributed by atoms with Gasteiger partial charge in [-0.15, -0.1) is 11.3 Å². The molecule has 42 heavy (non-hydrogen) atoms. The lowest BCUT2D eigenvalue weighted by Gasteiger charge is -2.46. The predicted molar refractivity (Wildman–Crippen MR) is 175 cm³/mol. The van der Waals surface area contributed by atoms with Crippen molar-refractivity contribution in [2.45, 2.75) is 110 Å². The first-order valence-electron chi connectivity index (χ1n) is 15.3. The number of imidazole rings is 1. The molecule has 1 saturated heterocycles. The van der Waals surface area contributed by atoms with Gasteiger partial charge in [-0.25, -0.2) is 4.98 Å². The molecule has 0 bridgehead atoms. The van der Waals surface area contributed by atoms with E-state index in [9.17, 15) is 9.59 Å². The third-order valence-corrected chi connectivity index (χ3v) is 20.2. The number of rotatable bonds is 13. The van der Waals surface area contributed by atoms with Crippen LogP contribution in [0.1, 0.15) is 70.8 Å². The molecular formula is C31H48N4O4SSi2. The highest BCUT2D eigenvalue weighted by atomic mass is 32.1. The van der Waals surface area contributed by atoms with E-state index in [-0.39, 0.29) is 34.8 Å². The molecule has 3 aromatic rings. The Morgan fingerprint density at radius 1 is 1.17 bits per heavy atom. The Kier molecular flexibility index (Phi) is 9.69. The minimum atomic E-state index is -2.09. The highest BCUT2D eigenvalue weighted by Crippen LogP contribution is 2.41. The molecule has 1 aliphatic heterocycles. The zero-order valence-corrected chi connectivity index (χ0v) is 29.7. The SMILES string of the molecule is CC[Si](CC)(CC)OCc1c(C(=O)[C@H](C)[C@H]2NC(=O)[C@@H]2[C@@H](C)O[Si](C)(C)C(C)(C)C)sc2c(-c3cccnc3)ncn12. The van der Waals surface area contributed by atoms with Gasteiger partial charge in [0.25, 0.3) is 0 Å². The van der Waals surface area contributed by atoms with Crippen LogP contribution in [0, 0.1) is 11.8 Å². The second-order valence-corrected chi connectivity index (χ2v) is 23.7. The number of ketones is 1. The van der Waals surface area contributed by atoms with Gasteiger partial charge in [0.1, 0.15) is 16.9 Å². The highest BCUT2D eigenvalue weighted by molar-refractivity contribution is 7.20. The van der Waals surface area contributed by atoms with Gasteiger partial charge in [-0.2, -0.15) is 0 Å². The molecule has 0 aromatic carbocycles. The van der Waals surface area contributed by atoms with Crippen LogP contribution in [0.4, 0.5) is 0 Å². The summed E-state index contributed by atoms with van der Waals surface area (Å²) in [5, 5.41) is 3.07. The largest absolute Gasteiger partial charge is 0.413 e. The lowest BCUT2D eigenvalue weighted by atomic mass is 9.77. The van der Waals surface area contributed by atoms with E-state index in [0.717, 1.165) is 39.9 Å². The number of nitrogens with zero attached hydrogens (tertiary/aromatic N) is 3. The van der Waals surface area contributed by atoms with Crippen LogP contribution >= 0.6 is 11.3 Å². The van der Waals surface area contributed by atoms with Crippen molar-refractivity contribution in [1.29, 1.82) is 0 Å². The molecule has 4 atom stereocenters. The number of pyridine rings is 1. The number of hydrogen-bond donors (Lipinski definition) is 1. The third-order valence-electron chi connectivity index (χ3n) is 9.83. The normalized spacial score (nSPS) is 19.4. The summed E-state index contributed by atoms with van der Waals surface area (Å²) in [6, 6.07) is 6.67. The molecule has 1 N–H and O–H groups in total. The van der Waals surface area contributed by atoms with Crippen LogP contribution in [0.25, 0.3) is 16.1 Å². The summed E-state index contributed by atoms with van der Waals surface area (Å²) in [7, 11) is -4.00. The van der Waals surface area contributed by atoms with Crippen LogP contribution < -0.4 is 5.32 Å². The van der Waals surface area contributed by atoms with Crippen molar-refractivity contribution in [2.24, 2.45) is 11.8 Å². The van der Waals surface area contributed by atoms with Gasteiger partial charge in [-0.05, 0) is 55.3 Å². The fourth-order valence-electron chi connectivity index (χ4n) is 5.64. The van der Waals surface area contributed by atoms with E-state index < -0.39 is 22.6 Å². The van der Waals surface area contributed by atoms with Gasteiger partial charge in [-0.3, -0.25) is 19.0 Å². The maximum absolute atomic E-state index is 14.3. The van der Waals surface area contributed by atoms with Gasteiger partial charge in [0, 0.05) is 23.9 Å². The molecule has 0 unspecified atom stereocenters. The van der Waals surface area contributed by atoms with E-state index in [1.54, 1.807) is 18.7 Å². The summed E-state index contributed by atoms with van der Waals surface area (Å²) in [5.41, 5.74) is 2.55. The second kappa shape index (κ2) is 12.4. The number of Topliss-reactive ketones (excluding diaryl/α,β-unsaturated/α-hetero) is 1. The minimum absolute atomic E-state index is 0.0192. The average Bonchev–Trinajstić information content (AvgIpc) is 3.51. The molecular weight excluding hydrogens is 581 g/mol. The molecule has 0 saturated carbocycles. The first kappa shape index (κ1) is 32.7. The van der Waals surface area contributed by atoms with E-state index in [2.05, 4.69) is 64.9 Å². The molecule has 0 radical (unpaired) electrons. The van der Waals surface area contributed by atoms with Crippen molar-refractivity contribution in [3.05, 3.63) is 41.4 Å². The number of amides is 1. The Balaban J connectivity index is 1.68. The van der Waals surface area contributed by atoms with Crippen molar-refractivity contribution >= 4 is 44.5 Å². The predicted octanol–water partition coefficient (Wildman–Crippen LogP) is 7.32. The van der Waals surface area contributed by atoms with Crippen LogP contribution in [0.3, 0.4) is 0 Å². The van der Waals surface area contributed by atoms with Crippen LogP contribution in [0.5, 0.6) is 0 Å². The molecule has 4 heterocycles. The fourth-order valence-corrected chi connectivity index (χ4v) is 10.9. The lowest BCUT2D eigenvalue weighted by Crippen LogP contribution is -2.66. The number of nitrogens with one attached hydrogen (secondary N) is 1. The summed E-state index contributed by atoms with van der Waals surface area (Å²) < 4.78 is 15.4. The van der Waals surface area contributed by atoms with Crippen LogP contribution in [-0.4, -0.2) is 54.8 Å². The van der Waals surface area contributed by atoms with Crippen LogP contribution in [0.2, 0.25) is 36.3 Å². The van der Waals surface area contributed by atoms with Gasteiger partial charge < -0.3 is 14.2 Å². The van der Waals surface area contributed by atoms with Crippen molar-refractivity contribution in [1.82, 2.24) is 19.7 Å². The molecule has 11 heteroatoms.